The van der Waals surface area contributed by atoms with Crippen molar-refractivity contribution >= 4 is 22.4 Å². The van der Waals surface area contributed by atoms with E-state index in [1.807, 2.05) is 0 Å². The molecule has 0 saturated carbocycles. The van der Waals surface area contributed by atoms with Crippen LogP contribution < -0.4 is 21.3 Å². The smallest absolute Gasteiger partial charge is 0.354 e. The molecule has 0 radical (unpaired) electrons. The Morgan fingerprint density at radius 3 is 2.58 bits per heavy atom. The van der Waals surface area contributed by atoms with Gasteiger partial charge in [-0.05, 0) is 30.2 Å². The number of nitrogens with zero attached hydrogens (tertiary/aromatic N) is 3. The van der Waals surface area contributed by atoms with Crippen LogP contribution in [-0.4, -0.2) is 36.1 Å². The highest BCUT2D eigenvalue weighted by atomic mass is 19.4. The second kappa shape index (κ2) is 8.27. The van der Waals surface area contributed by atoms with Crippen LogP contribution in [0.25, 0.3) is 10.8 Å². The SMILES string of the molecule is Cc1c([C@@H](N)Nc2ncc(F)c3cnc(N4CCNCC4)cc23)cccc1C(F)(F)F. The summed E-state index contributed by atoms with van der Waals surface area (Å²) in [5, 5.41) is 6.92. The fraction of sp³-hybridized carbons (Fsp3) is 0.333. The van der Waals surface area contributed by atoms with Gasteiger partial charge in [0.25, 0.3) is 0 Å². The highest BCUT2D eigenvalue weighted by molar-refractivity contribution is 5.93. The predicted molar refractivity (Wildman–Crippen MR) is 111 cm³/mol. The van der Waals surface area contributed by atoms with Crippen LogP contribution in [0.15, 0.2) is 36.7 Å². The molecule has 0 aliphatic carbocycles. The van der Waals surface area contributed by atoms with Crippen molar-refractivity contribution in [3.63, 3.8) is 0 Å². The van der Waals surface area contributed by atoms with Crippen molar-refractivity contribution in [2.75, 3.05) is 36.4 Å². The van der Waals surface area contributed by atoms with Crippen molar-refractivity contribution < 1.29 is 17.6 Å². The third-order valence-electron chi connectivity index (χ3n) is 5.46. The van der Waals surface area contributed by atoms with Gasteiger partial charge in [-0.2, -0.15) is 13.2 Å². The Kier molecular flexibility index (Phi) is 5.67. The molecule has 0 bridgehead atoms. The van der Waals surface area contributed by atoms with Crippen molar-refractivity contribution in [1.82, 2.24) is 15.3 Å². The molecule has 3 heterocycles. The number of hydrogen-bond acceptors (Lipinski definition) is 6. The number of benzene rings is 1. The maximum atomic E-state index is 14.3. The van der Waals surface area contributed by atoms with Gasteiger partial charge in [0.2, 0.25) is 0 Å². The summed E-state index contributed by atoms with van der Waals surface area (Å²) < 4.78 is 54.1. The number of anilines is 2. The van der Waals surface area contributed by atoms with Crippen molar-refractivity contribution in [3.05, 3.63) is 59.2 Å². The number of aromatic nitrogens is 2. The Hall–Kier alpha value is -2.98. The molecule has 1 aliphatic rings. The first-order chi connectivity index (χ1) is 14.8. The summed E-state index contributed by atoms with van der Waals surface area (Å²) in [7, 11) is 0. The second-order valence-corrected chi connectivity index (χ2v) is 7.42. The first-order valence-corrected chi connectivity index (χ1v) is 9.84. The summed E-state index contributed by atoms with van der Waals surface area (Å²) in [6.45, 7) is 4.51. The van der Waals surface area contributed by atoms with Crippen molar-refractivity contribution in [2.45, 2.75) is 19.3 Å². The fourth-order valence-corrected chi connectivity index (χ4v) is 3.80. The molecule has 3 aromatic rings. The molecule has 1 atom stereocenters. The highest BCUT2D eigenvalue weighted by Gasteiger charge is 2.33. The van der Waals surface area contributed by atoms with Gasteiger partial charge in [-0.15, -0.1) is 0 Å². The lowest BCUT2D eigenvalue weighted by molar-refractivity contribution is -0.138. The first kappa shape index (κ1) is 21.3. The molecule has 4 rings (SSSR count). The molecule has 31 heavy (non-hydrogen) atoms. The van der Waals surface area contributed by atoms with Crippen LogP contribution in [-0.2, 0) is 6.18 Å². The van der Waals surface area contributed by atoms with Gasteiger partial charge in [0.05, 0.1) is 11.8 Å². The lowest BCUT2D eigenvalue weighted by Gasteiger charge is -2.28. The maximum absolute atomic E-state index is 14.3. The summed E-state index contributed by atoms with van der Waals surface area (Å²) >= 11 is 0. The van der Waals surface area contributed by atoms with E-state index in [4.69, 9.17) is 5.73 Å². The number of fused-ring (bicyclic) bond motifs is 1. The van der Waals surface area contributed by atoms with Crippen LogP contribution in [0.3, 0.4) is 0 Å². The summed E-state index contributed by atoms with van der Waals surface area (Å²) in [6.07, 6.45) is -2.97. The zero-order valence-electron chi connectivity index (χ0n) is 16.8. The lowest BCUT2D eigenvalue weighted by atomic mass is 10.00. The molecule has 6 nitrogen and oxygen atoms in total. The molecule has 4 N–H and O–H groups in total. The van der Waals surface area contributed by atoms with E-state index < -0.39 is 23.7 Å². The van der Waals surface area contributed by atoms with Crippen LogP contribution in [0.4, 0.5) is 29.2 Å². The molecule has 164 valence electrons. The predicted octanol–water partition coefficient (Wildman–Crippen LogP) is 3.58. The Balaban J connectivity index is 1.70. The number of halogens is 4. The number of rotatable bonds is 4. The fourth-order valence-electron chi connectivity index (χ4n) is 3.80. The Morgan fingerprint density at radius 2 is 1.87 bits per heavy atom. The zero-order valence-corrected chi connectivity index (χ0v) is 16.8. The van der Waals surface area contributed by atoms with E-state index in [-0.39, 0.29) is 22.3 Å². The van der Waals surface area contributed by atoms with E-state index in [1.165, 1.54) is 25.3 Å². The number of nitrogens with one attached hydrogen (secondary N) is 2. The minimum Gasteiger partial charge on any atom is -0.354 e. The third kappa shape index (κ3) is 4.26. The summed E-state index contributed by atoms with van der Waals surface area (Å²) in [5.74, 6) is 0.413. The van der Waals surface area contributed by atoms with Gasteiger partial charge in [-0.3, -0.25) is 0 Å². The Morgan fingerprint density at radius 1 is 1.13 bits per heavy atom. The number of piperazine rings is 1. The zero-order chi connectivity index (χ0) is 22.2. The van der Waals surface area contributed by atoms with Crippen LogP contribution in [0.2, 0.25) is 0 Å². The molecule has 1 aromatic carbocycles. The van der Waals surface area contributed by atoms with E-state index in [0.717, 1.165) is 38.4 Å². The van der Waals surface area contributed by atoms with Gasteiger partial charge in [-0.25, -0.2) is 14.4 Å². The molecule has 1 fully saturated rings. The molecule has 2 aromatic heterocycles. The molecular weight excluding hydrogens is 412 g/mol. The number of nitrogens with two attached hydrogens (primary N) is 1. The minimum absolute atomic E-state index is 0.0320. The molecule has 1 saturated heterocycles. The van der Waals surface area contributed by atoms with E-state index in [9.17, 15) is 17.6 Å². The number of alkyl halides is 3. The molecule has 0 spiro atoms. The monoisotopic (exact) mass is 434 g/mol. The van der Waals surface area contributed by atoms with E-state index in [1.54, 1.807) is 6.07 Å². The van der Waals surface area contributed by atoms with Crippen molar-refractivity contribution in [2.24, 2.45) is 5.73 Å². The third-order valence-corrected chi connectivity index (χ3v) is 5.46. The summed E-state index contributed by atoms with van der Waals surface area (Å²) in [6, 6.07) is 5.59. The lowest BCUT2D eigenvalue weighted by Crippen LogP contribution is -2.43. The van der Waals surface area contributed by atoms with Gasteiger partial charge < -0.3 is 21.3 Å². The summed E-state index contributed by atoms with van der Waals surface area (Å²) in [5.41, 5.74) is 5.77. The largest absolute Gasteiger partial charge is 0.416 e. The van der Waals surface area contributed by atoms with Crippen molar-refractivity contribution in [3.8, 4) is 0 Å². The second-order valence-electron chi connectivity index (χ2n) is 7.42. The topological polar surface area (TPSA) is 79.1 Å². The molecule has 1 aliphatic heterocycles. The Bertz CT molecular complexity index is 1100. The number of hydrogen-bond donors (Lipinski definition) is 3. The van der Waals surface area contributed by atoms with Gasteiger partial charge in [0, 0.05) is 43.1 Å². The molecule has 0 unspecified atom stereocenters. The van der Waals surface area contributed by atoms with Crippen LogP contribution in [0.5, 0.6) is 0 Å². The summed E-state index contributed by atoms with van der Waals surface area (Å²) in [4.78, 5) is 10.6. The van der Waals surface area contributed by atoms with Crippen LogP contribution in [0, 0.1) is 12.7 Å². The number of pyridine rings is 2. The first-order valence-electron chi connectivity index (χ1n) is 9.84. The van der Waals surface area contributed by atoms with Gasteiger partial charge in [0.15, 0.2) is 5.82 Å². The van der Waals surface area contributed by atoms with E-state index >= 15 is 0 Å². The van der Waals surface area contributed by atoms with Crippen LogP contribution >= 0.6 is 0 Å². The Labute approximate surface area is 176 Å². The highest BCUT2D eigenvalue weighted by Crippen LogP contribution is 2.35. The maximum Gasteiger partial charge on any atom is 0.416 e. The van der Waals surface area contributed by atoms with Gasteiger partial charge >= 0.3 is 6.18 Å². The van der Waals surface area contributed by atoms with Gasteiger partial charge in [-0.1, -0.05) is 12.1 Å². The quantitative estimate of drug-likeness (QED) is 0.430. The normalized spacial score (nSPS) is 15.9. The van der Waals surface area contributed by atoms with E-state index in [0.29, 0.717) is 11.2 Å². The molecule has 10 heteroatoms. The van der Waals surface area contributed by atoms with Gasteiger partial charge in [0.1, 0.15) is 17.8 Å². The molecular formula is C21H22F4N6. The minimum atomic E-state index is -4.48. The van der Waals surface area contributed by atoms with Crippen LogP contribution in [0.1, 0.15) is 22.9 Å². The van der Waals surface area contributed by atoms with Crippen molar-refractivity contribution in [1.29, 1.82) is 0 Å². The van der Waals surface area contributed by atoms with E-state index in [2.05, 4.69) is 25.5 Å². The molecule has 0 amide bonds. The standard InChI is InChI=1S/C21H22F4N6/c1-12-13(3-2-4-16(12)21(23,24)25)19(26)30-20-14-9-18(31-7-5-27-6-8-31)28-10-15(14)17(22)11-29-20/h2-4,9-11,19,27H,5-8,26H2,1H3,(H,29,30)/t19-/m0/s1. The average Bonchev–Trinajstić information content (AvgIpc) is 2.75. The average molecular weight is 434 g/mol.